The molecule has 1 unspecified atom stereocenters. The molecule has 6 amide bonds. The molecule has 0 radical (unpaired) electrons. The lowest BCUT2D eigenvalue weighted by atomic mass is 9.72. The number of aromatic nitrogens is 2. The fourth-order valence-corrected chi connectivity index (χ4v) is 14.2. The Hall–Kier alpha value is -9.48. The second-order valence-corrected chi connectivity index (χ2v) is 26.9. The minimum Gasteiger partial charge on any atom is -0.507 e. The number of aromatic amines is 1. The van der Waals surface area contributed by atoms with Crippen molar-refractivity contribution >= 4 is 75.5 Å². The van der Waals surface area contributed by atoms with Crippen LogP contribution in [0.5, 0.6) is 29.0 Å². The van der Waals surface area contributed by atoms with E-state index >= 15 is 0 Å². The van der Waals surface area contributed by atoms with Crippen LogP contribution < -0.4 is 59.6 Å². The summed E-state index contributed by atoms with van der Waals surface area (Å²) in [6.45, 7) is 1.23. The number of H-pyrrole nitrogens is 1. The van der Waals surface area contributed by atoms with E-state index in [0.29, 0.717) is 50.6 Å². The number of amides is 6. The molecule has 2 aromatic heterocycles. The summed E-state index contributed by atoms with van der Waals surface area (Å²) >= 11 is 0.878. The molecule has 1 fully saturated rings. The molecule has 554 valence electrons. The van der Waals surface area contributed by atoms with Crippen LogP contribution in [0, 0.1) is 0 Å². The zero-order valence-electron chi connectivity index (χ0n) is 57.2. The Morgan fingerprint density at radius 1 is 0.748 bits per heavy atom. The molecule has 32 heteroatoms. The number of nitrogens with one attached hydrogen (secondary N) is 7. The molecule has 22 N–H and O–H groups in total. The molecule has 1 saturated heterocycles. The number of hydrogen-bond donors (Lipinski definition) is 18. The van der Waals surface area contributed by atoms with Crippen LogP contribution in [0.2, 0.25) is 0 Å². The van der Waals surface area contributed by atoms with Gasteiger partial charge in [0, 0.05) is 83.9 Å². The molecule has 1 aliphatic heterocycles. The Kier molecular flexibility index (Phi) is 26.1. The van der Waals surface area contributed by atoms with Crippen LogP contribution in [-0.4, -0.2) is 205 Å². The molecule has 11 atom stereocenters. The highest BCUT2D eigenvalue weighted by Crippen LogP contribution is 2.53. The van der Waals surface area contributed by atoms with Crippen molar-refractivity contribution in [1.82, 2.24) is 41.5 Å². The van der Waals surface area contributed by atoms with E-state index in [2.05, 4.69) is 36.9 Å². The molecular weight excluding hydrogens is 1360 g/mol. The Balaban J connectivity index is 0.863. The van der Waals surface area contributed by atoms with Gasteiger partial charge in [0.25, 0.3) is 5.91 Å². The number of unbranched alkanes of at least 4 members (excludes halogenated alkanes) is 3. The third-order valence-corrected chi connectivity index (χ3v) is 20.0. The van der Waals surface area contributed by atoms with Gasteiger partial charge in [0.15, 0.2) is 23.7 Å². The summed E-state index contributed by atoms with van der Waals surface area (Å²) in [5.41, 5.74) is 20.8. The number of Topliss-reactive ketones (excluding diaryl/α,β-unsaturated/α-hetero) is 1. The molecule has 103 heavy (non-hydrogen) atoms. The van der Waals surface area contributed by atoms with Crippen LogP contribution in [0.4, 0.5) is 0 Å². The number of aliphatic hydroxyl groups excluding tert-OH is 2. The molecule has 0 saturated carbocycles. The highest BCUT2D eigenvalue weighted by atomic mass is 32.2. The number of methoxy groups -OCH3 is 1. The number of phenols is 2. The summed E-state index contributed by atoms with van der Waals surface area (Å²) < 4.78 is 18.7. The van der Waals surface area contributed by atoms with Gasteiger partial charge in [-0.1, -0.05) is 36.4 Å². The predicted octanol–water partition coefficient (Wildman–Crippen LogP) is 0.890. The first kappa shape index (κ1) is 77.7. The first-order valence-electron chi connectivity index (χ1n) is 34.1. The Morgan fingerprint density at radius 2 is 1.35 bits per heavy atom. The maximum Gasteiger partial charge on any atom is 0.251 e. The average Bonchev–Trinajstić information content (AvgIpc) is 1.37. The minimum absolute atomic E-state index is 0.00497. The normalized spacial score (nSPS) is 19.9. The molecule has 3 heterocycles. The number of ether oxygens (including phenoxy) is 3. The molecule has 6 aromatic rings. The second kappa shape index (κ2) is 34.7. The standard InChI is InChI=1S/C71H90N12O19S/c1-35-59(87)47(28-54(101-35)102-50-31-71(99,52(85)33-84)30-41-56(50)63(91)58-57(61(41)89)60(88)40-17-13-22-49(100-3)55(40)62(58)90)81-64(92)36-14-12-15-38(26-36)83-53(86)29-51(70(83)98)103-34-42(75)65(93)78-45(20-7-10-24-73)67(95)80-46(21-8-11-25-74)68(96)82-48(27-37-32-77-43-18-5-4-16-39(37)43)69(97)79-44(66(94)76-2)19-6-9-23-72/h4-5,12-18,22,26,29,32,35,42,44-48,50,54,59,77,84,86-87,89,91,98-99H,6-11,19-21,23-25,27-28,30-31,33-34,72-75H2,1-3H3,(H,76,94)(H,78,93)(H,79,97)(H,80,95)(H,81,92)(H,82,96)/t35-,42-,44+,45+,46+,47-,48+,50-,54?,59+,71-/m0/s1. The van der Waals surface area contributed by atoms with Crippen molar-refractivity contribution in [3.05, 3.63) is 124 Å². The molecule has 3 aliphatic rings. The van der Waals surface area contributed by atoms with Crippen molar-refractivity contribution in [2.45, 2.75) is 162 Å². The number of nitrogens with zero attached hydrogens (tertiary/aromatic N) is 1. The number of carbonyl (C=O) groups excluding carboxylic acids is 9. The summed E-state index contributed by atoms with van der Waals surface area (Å²) in [5.74, 6) is -9.83. The van der Waals surface area contributed by atoms with Crippen LogP contribution in [0.15, 0.2) is 83.9 Å². The minimum atomic E-state index is -2.46. The van der Waals surface area contributed by atoms with Crippen molar-refractivity contribution < 1.29 is 93.1 Å². The van der Waals surface area contributed by atoms with E-state index in [1.54, 1.807) is 6.20 Å². The number of hydrogen-bond acceptors (Lipinski definition) is 24. The quantitative estimate of drug-likeness (QED) is 0.0151. The molecule has 0 bridgehead atoms. The van der Waals surface area contributed by atoms with Gasteiger partial charge in [-0.25, -0.2) is 0 Å². The molecule has 0 spiro atoms. The van der Waals surface area contributed by atoms with E-state index in [9.17, 15) is 78.9 Å². The van der Waals surface area contributed by atoms with Crippen LogP contribution >= 0.6 is 11.8 Å². The third kappa shape index (κ3) is 17.4. The highest BCUT2D eigenvalue weighted by molar-refractivity contribution is 7.99. The Labute approximate surface area is 596 Å². The summed E-state index contributed by atoms with van der Waals surface area (Å²) in [7, 11) is 2.72. The summed E-state index contributed by atoms with van der Waals surface area (Å²) in [6.07, 6.45) is -2.23. The lowest BCUT2D eigenvalue weighted by molar-refractivity contribution is -0.249. The van der Waals surface area contributed by atoms with E-state index in [1.807, 2.05) is 24.3 Å². The van der Waals surface area contributed by atoms with Gasteiger partial charge in [-0.3, -0.25) is 47.7 Å². The molecule has 9 rings (SSSR count). The SMILES string of the molecule is CNC(=O)[C@@H](CCCCN)NC(=O)[C@@H](Cc1c[nH]c2ccccc12)NC(=O)[C@@H](CCCCN)NC(=O)[C@@H](CCCCN)NC(=O)[C@@H](N)CSc1cc(O)n(-c2cccc(C(=O)N[C@H]3CC(O[C@H]4C[C@](O)(C(=O)CO)Cc5c(O)c6c(c(O)c54)C(=O)c4c(OC)cccc4C6=O)O[C@@H](C)[C@H]3O)c2)c1O. The number of rotatable bonds is 34. The van der Waals surface area contributed by atoms with Gasteiger partial charge in [0.2, 0.25) is 41.2 Å². The summed E-state index contributed by atoms with van der Waals surface area (Å²) in [4.78, 5) is 129. The second-order valence-electron chi connectivity index (χ2n) is 25.8. The maximum absolute atomic E-state index is 14.5. The van der Waals surface area contributed by atoms with E-state index in [1.165, 1.54) is 69.6 Å². The lowest BCUT2D eigenvalue weighted by Crippen LogP contribution is -2.59. The number of aromatic hydroxyl groups is 4. The van der Waals surface area contributed by atoms with E-state index in [0.717, 1.165) is 27.2 Å². The van der Waals surface area contributed by atoms with Gasteiger partial charge in [0.05, 0.1) is 58.7 Å². The molecule has 2 aliphatic carbocycles. The third-order valence-electron chi connectivity index (χ3n) is 18.8. The smallest absolute Gasteiger partial charge is 0.251 e. The number of para-hydroxylation sites is 1. The fourth-order valence-electron chi connectivity index (χ4n) is 13.3. The zero-order chi connectivity index (χ0) is 74.6. The zero-order valence-corrected chi connectivity index (χ0v) is 58.0. The van der Waals surface area contributed by atoms with Crippen LogP contribution in [-0.2, 0) is 51.1 Å². The van der Waals surface area contributed by atoms with E-state index in [-0.39, 0.29) is 95.1 Å². The Bertz CT molecular complexity index is 4150. The number of aliphatic hydroxyl groups is 3. The first-order valence-corrected chi connectivity index (χ1v) is 35.0. The largest absolute Gasteiger partial charge is 0.507 e. The molecule has 4 aromatic carbocycles. The fraction of sp³-hybridized carbons (Fsp3) is 0.451. The lowest BCUT2D eigenvalue weighted by Gasteiger charge is -2.43. The monoisotopic (exact) mass is 1450 g/mol. The number of fused-ring (bicyclic) bond motifs is 4. The van der Waals surface area contributed by atoms with Crippen molar-refractivity contribution in [2.24, 2.45) is 22.9 Å². The number of phenolic OH excluding ortho intramolecular Hbond substituents is 2. The number of benzene rings is 4. The van der Waals surface area contributed by atoms with Crippen molar-refractivity contribution in [1.29, 1.82) is 0 Å². The van der Waals surface area contributed by atoms with E-state index in [4.69, 9.17) is 37.1 Å². The maximum atomic E-state index is 14.5. The van der Waals surface area contributed by atoms with Gasteiger partial charge in [-0.2, -0.15) is 0 Å². The number of ketones is 3. The summed E-state index contributed by atoms with van der Waals surface area (Å²) in [5, 5.41) is 97.2. The van der Waals surface area contributed by atoms with Crippen molar-refractivity contribution in [3.8, 4) is 34.7 Å². The summed E-state index contributed by atoms with van der Waals surface area (Å²) in [6, 6.07) is 11.3. The van der Waals surface area contributed by atoms with Crippen molar-refractivity contribution in [3.63, 3.8) is 0 Å². The van der Waals surface area contributed by atoms with Crippen LogP contribution in [0.3, 0.4) is 0 Å². The first-order chi connectivity index (χ1) is 49.3. The van der Waals surface area contributed by atoms with Crippen LogP contribution in [0.1, 0.15) is 143 Å². The van der Waals surface area contributed by atoms with Gasteiger partial charge < -0.3 is 110 Å². The van der Waals surface area contributed by atoms with Crippen LogP contribution in [0.25, 0.3) is 16.6 Å². The topological polar surface area (TPSA) is 520 Å². The average molecular weight is 1450 g/mol. The number of carbonyl (C=O) groups is 9. The highest BCUT2D eigenvalue weighted by Gasteiger charge is 2.51. The predicted molar refractivity (Wildman–Crippen MR) is 375 cm³/mol. The molecule has 31 nitrogen and oxygen atoms in total. The van der Waals surface area contributed by atoms with E-state index < -0.39 is 173 Å². The number of likely N-dealkylation sites (N-methyl/N-ethyl adjacent to an activating group) is 1. The van der Waals surface area contributed by atoms with Gasteiger partial charge in [0.1, 0.15) is 59.7 Å². The van der Waals surface area contributed by atoms with Gasteiger partial charge in [-0.05, 0) is 120 Å². The molecular formula is C71H90N12O19S. The number of thioether (sulfide) groups is 1. The van der Waals surface area contributed by atoms with Crippen molar-refractivity contribution in [2.75, 3.05) is 46.2 Å². The Morgan fingerprint density at radius 3 is 1.98 bits per heavy atom. The van der Waals surface area contributed by atoms with Gasteiger partial charge in [-0.15, -0.1) is 11.8 Å². The number of nitrogens with two attached hydrogens (primary N) is 4. The van der Waals surface area contributed by atoms with Gasteiger partial charge >= 0.3 is 0 Å².